The number of hydrogen-bond donors (Lipinski definition) is 2. The van der Waals surface area contributed by atoms with Gasteiger partial charge in [0.1, 0.15) is 22.3 Å². The number of aryl methyl sites for hydroxylation is 1. The lowest BCUT2D eigenvalue weighted by Gasteiger charge is -2.11. The van der Waals surface area contributed by atoms with Gasteiger partial charge in [-0.1, -0.05) is 29.3 Å². The van der Waals surface area contributed by atoms with Gasteiger partial charge in [0, 0.05) is 6.42 Å². The summed E-state index contributed by atoms with van der Waals surface area (Å²) in [7, 11) is 0. The van der Waals surface area contributed by atoms with Crippen LogP contribution in [0.3, 0.4) is 0 Å². The molecule has 0 spiro atoms. The first-order valence-electron chi connectivity index (χ1n) is 6.13. The molecular weight excluding hydrogens is 315 g/mol. The van der Waals surface area contributed by atoms with E-state index in [9.17, 15) is 9.90 Å². The van der Waals surface area contributed by atoms with Crippen LogP contribution in [-0.4, -0.2) is 16.2 Å². The highest BCUT2D eigenvalue weighted by Gasteiger charge is 2.12. The fourth-order valence-corrected chi connectivity index (χ4v) is 2.20. The molecule has 6 heteroatoms. The van der Waals surface area contributed by atoms with E-state index >= 15 is 0 Å². The number of halogens is 2. The molecule has 0 radical (unpaired) electrons. The fraction of sp³-hybridized carbons (Fsp3) is 0.133. The molecule has 0 fully saturated rings. The Bertz CT molecular complexity index is 653. The van der Waals surface area contributed by atoms with Gasteiger partial charge in [-0.05, 0) is 42.3 Å². The van der Waals surface area contributed by atoms with Gasteiger partial charge in [-0.2, -0.15) is 0 Å². The molecular formula is C15H12Cl2O4. The molecule has 0 aliphatic heterocycles. The van der Waals surface area contributed by atoms with Crippen molar-refractivity contribution in [3.8, 4) is 17.2 Å². The number of ether oxygens (including phenoxy) is 1. The number of rotatable bonds is 5. The van der Waals surface area contributed by atoms with E-state index in [1.54, 1.807) is 24.3 Å². The summed E-state index contributed by atoms with van der Waals surface area (Å²) in [6.07, 6.45) is 0.279. The molecule has 4 nitrogen and oxygen atoms in total. The van der Waals surface area contributed by atoms with Crippen LogP contribution >= 0.6 is 23.2 Å². The molecule has 21 heavy (non-hydrogen) atoms. The van der Waals surface area contributed by atoms with E-state index in [1.807, 2.05) is 0 Å². The van der Waals surface area contributed by atoms with Gasteiger partial charge in [0.05, 0.1) is 5.02 Å². The first-order chi connectivity index (χ1) is 9.97. The normalized spacial score (nSPS) is 10.4. The summed E-state index contributed by atoms with van der Waals surface area (Å²) in [6, 6.07) is 9.50. The van der Waals surface area contributed by atoms with E-state index in [4.69, 9.17) is 33.0 Å². The second-order valence-electron chi connectivity index (χ2n) is 4.34. The average Bonchev–Trinajstić information content (AvgIpc) is 2.45. The lowest BCUT2D eigenvalue weighted by atomic mass is 10.1. The Kier molecular flexibility index (Phi) is 4.94. The fourth-order valence-electron chi connectivity index (χ4n) is 1.73. The molecule has 0 saturated heterocycles. The molecule has 2 rings (SSSR count). The SMILES string of the molecule is O=C(O)CCc1ccc(Oc2ccc(O)cc2)c(Cl)c1Cl. The Balaban J connectivity index is 2.19. The minimum atomic E-state index is -0.897. The number of carboxylic acids is 1. The van der Waals surface area contributed by atoms with Gasteiger partial charge in [-0.3, -0.25) is 4.79 Å². The molecule has 0 aliphatic rings. The zero-order chi connectivity index (χ0) is 15.4. The minimum Gasteiger partial charge on any atom is -0.508 e. The lowest BCUT2D eigenvalue weighted by Crippen LogP contribution is -1.98. The van der Waals surface area contributed by atoms with Gasteiger partial charge in [0.25, 0.3) is 0 Å². The second-order valence-corrected chi connectivity index (χ2v) is 5.10. The predicted molar refractivity (Wildman–Crippen MR) is 80.6 cm³/mol. The summed E-state index contributed by atoms with van der Waals surface area (Å²) in [5, 5.41) is 18.4. The maximum Gasteiger partial charge on any atom is 0.303 e. The molecule has 0 unspecified atom stereocenters. The Morgan fingerprint density at radius 2 is 1.71 bits per heavy atom. The van der Waals surface area contributed by atoms with E-state index in [-0.39, 0.29) is 22.2 Å². The van der Waals surface area contributed by atoms with Crippen molar-refractivity contribution < 1.29 is 19.7 Å². The van der Waals surface area contributed by atoms with Gasteiger partial charge in [-0.25, -0.2) is 0 Å². The van der Waals surface area contributed by atoms with E-state index in [0.717, 1.165) is 0 Å². The summed E-state index contributed by atoms with van der Waals surface area (Å²) in [6.45, 7) is 0. The molecule has 2 N–H and O–H groups in total. The molecule has 2 aromatic carbocycles. The van der Waals surface area contributed by atoms with E-state index in [2.05, 4.69) is 0 Å². The van der Waals surface area contributed by atoms with Crippen molar-refractivity contribution >= 4 is 29.2 Å². The Labute approximate surface area is 131 Å². The van der Waals surface area contributed by atoms with Gasteiger partial charge < -0.3 is 14.9 Å². The topological polar surface area (TPSA) is 66.8 Å². The molecule has 0 aliphatic carbocycles. The van der Waals surface area contributed by atoms with Crippen molar-refractivity contribution in [3.05, 3.63) is 52.0 Å². The summed E-state index contributed by atoms with van der Waals surface area (Å²) in [4.78, 5) is 10.6. The van der Waals surface area contributed by atoms with Gasteiger partial charge in [0.15, 0.2) is 0 Å². The zero-order valence-electron chi connectivity index (χ0n) is 10.8. The molecule has 0 aromatic heterocycles. The first-order valence-corrected chi connectivity index (χ1v) is 6.88. The van der Waals surface area contributed by atoms with Gasteiger partial charge in [-0.15, -0.1) is 0 Å². The van der Waals surface area contributed by atoms with Crippen molar-refractivity contribution in [2.24, 2.45) is 0 Å². The average molecular weight is 327 g/mol. The number of hydrogen-bond acceptors (Lipinski definition) is 3. The van der Waals surface area contributed by atoms with Crippen molar-refractivity contribution in [2.75, 3.05) is 0 Å². The standard InChI is InChI=1S/C15H12Cl2O4/c16-14-9(2-8-13(19)20)1-7-12(15(14)17)21-11-5-3-10(18)4-6-11/h1,3-7,18H,2,8H2,(H,19,20). The van der Waals surface area contributed by atoms with Crippen LogP contribution in [0.15, 0.2) is 36.4 Å². The highest BCUT2D eigenvalue weighted by atomic mass is 35.5. The minimum absolute atomic E-state index is 0.0196. The quantitative estimate of drug-likeness (QED) is 0.848. The van der Waals surface area contributed by atoms with Crippen molar-refractivity contribution in [2.45, 2.75) is 12.8 Å². The number of aliphatic carboxylic acids is 1. The zero-order valence-corrected chi connectivity index (χ0v) is 12.4. The smallest absolute Gasteiger partial charge is 0.303 e. The Morgan fingerprint density at radius 3 is 2.33 bits per heavy atom. The van der Waals surface area contributed by atoms with Crippen LogP contribution < -0.4 is 4.74 Å². The van der Waals surface area contributed by atoms with Crippen LogP contribution in [0.2, 0.25) is 10.0 Å². The monoisotopic (exact) mass is 326 g/mol. The van der Waals surface area contributed by atoms with Crippen molar-refractivity contribution in [1.29, 1.82) is 0 Å². The van der Waals surface area contributed by atoms with Crippen LogP contribution in [0.5, 0.6) is 17.2 Å². The van der Waals surface area contributed by atoms with Crippen LogP contribution in [0.1, 0.15) is 12.0 Å². The molecule has 0 heterocycles. The summed E-state index contributed by atoms with van der Waals surface area (Å²) >= 11 is 12.3. The molecule has 2 aromatic rings. The van der Waals surface area contributed by atoms with E-state index < -0.39 is 5.97 Å². The summed E-state index contributed by atoms with van der Waals surface area (Å²) in [5.41, 5.74) is 0.655. The van der Waals surface area contributed by atoms with Crippen LogP contribution in [-0.2, 0) is 11.2 Å². The van der Waals surface area contributed by atoms with E-state index in [1.165, 1.54) is 12.1 Å². The molecule has 0 amide bonds. The molecule has 0 bridgehead atoms. The molecule has 0 saturated carbocycles. The third-order valence-corrected chi connectivity index (χ3v) is 3.70. The van der Waals surface area contributed by atoms with Crippen LogP contribution in [0.25, 0.3) is 0 Å². The first kappa shape index (κ1) is 15.5. The second kappa shape index (κ2) is 6.70. The highest BCUT2D eigenvalue weighted by Crippen LogP contribution is 2.37. The number of phenolic OH excluding ortho intramolecular Hbond substituents is 1. The number of aromatic hydroxyl groups is 1. The summed E-state index contributed by atoms with van der Waals surface area (Å²) < 4.78 is 5.58. The largest absolute Gasteiger partial charge is 0.508 e. The maximum atomic E-state index is 10.6. The highest BCUT2D eigenvalue weighted by molar-refractivity contribution is 6.43. The van der Waals surface area contributed by atoms with E-state index in [0.29, 0.717) is 23.5 Å². The lowest BCUT2D eigenvalue weighted by molar-refractivity contribution is -0.136. The third-order valence-electron chi connectivity index (χ3n) is 2.80. The number of carbonyl (C=O) groups is 1. The van der Waals surface area contributed by atoms with Gasteiger partial charge in [0.2, 0.25) is 0 Å². The van der Waals surface area contributed by atoms with Crippen molar-refractivity contribution in [3.63, 3.8) is 0 Å². The molecule has 0 atom stereocenters. The van der Waals surface area contributed by atoms with Crippen LogP contribution in [0.4, 0.5) is 0 Å². The number of carboxylic acid groups (broad SMARTS) is 1. The predicted octanol–water partition coefficient (Wildman–Crippen LogP) is 4.51. The number of phenols is 1. The maximum absolute atomic E-state index is 10.6. The van der Waals surface area contributed by atoms with Crippen molar-refractivity contribution in [1.82, 2.24) is 0 Å². The Morgan fingerprint density at radius 1 is 1.05 bits per heavy atom. The third kappa shape index (κ3) is 4.03. The summed E-state index contributed by atoms with van der Waals surface area (Å²) in [5.74, 6) is 0.109. The van der Waals surface area contributed by atoms with Gasteiger partial charge >= 0.3 is 5.97 Å². The number of benzene rings is 2. The molecule has 110 valence electrons. The Hall–Kier alpha value is -1.91. The van der Waals surface area contributed by atoms with Crippen LogP contribution in [0, 0.1) is 0 Å².